The van der Waals surface area contributed by atoms with Gasteiger partial charge in [-0.15, -0.1) is 0 Å². The summed E-state index contributed by atoms with van der Waals surface area (Å²) in [6, 6.07) is 16.8. The van der Waals surface area contributed by atoms with Crippen molar-refractivity contribution in [1.29, 1.82) is 0 Å². The monoisotopic (exact) mass is 327 g/mol. The van der Waals surface area contributed by atoms with Crippen molar-refractivity contribution >= 4 is 33.2 Å². The summed E-state index contributed by atoms with van der Waals surface area (Å²) in [5.74, 6) is 0. The van der Waals surface area contributed by atoms with Crippen LogP contribution in [0.15, 0.2) is 59.4 Å². The minimum atomic E-state index is -0.135. The quantitative estimate of drug-likeness (QED) is 0.602. The Hall–Kier alpha value is -2.37. The Morgan fingerprint density at radius 2 is 1.91 bits per heavy atom. The van der Waals surface area contributed by atoms with Gasteiger partial charge in [0.05, 0.1) is 15.9 Å². The van der Waals surface area contributed by atoms with Crippen LogP contribution in [-0.4, -0.2) is 14.8 Å². The average Bonchev–Trinajstić information content (AvgIpc) is 3.11. The lowest BCUT2D eigenvalue weighted by Gasteiger charge is -1.97. The van der Waals surface area contributed by atoms with E-state index in [9.17, 15) is 4.79 Å². The van der Waals surface area contributed by atoms with Crippen molar-refractivity contribution in [3.8, 4) is 16.4 Å². The molecule has 2 aromatic heterocycles. The van der Waals surface area contributed by atoms with E-state index in [0.29, 0.717) is 10.2 Å². The lowest BCUT2D eigenvalue weighted by Crippen LogP contribution is -2.12. The molecule has 6 heteroatoms. The number of aromatic amines is 1. The molecule has 0 amide bonds. The Morgan fingerprint density at radius 1 is 1.09 bits per heavy atom. The lowest BCUT2D eigenvalue weighted by molar-refractivity contribution is 0.846. The molecule has 0 fully saturated rings. The number of fused-ring (bicyclic) bond motifs is 1. The zero-order valence-electron chi connectivity index (χ0n) is 11.3. The minimum Gasteiger partial charge on any atom is -0.288 e. The highest BCUT2D eigenvalue weighted by atomic mass is 35.5. The van der Waals surface area contributed by atoms with Crippen LogP contribution in [0.3, 0.4) is 0 Å². The second-order valence-electron chi connectivity index (χ2n) is 4.82. The van der Waals surface area contributed by atoms with Gasteiger partial charge >= 0.3 is 0 Å². The van der Waals surface area contributed by atoms with Gasteiger partial charge in [-0.05, 0) is 23.8 Å². The Labute approximate surface area is 134 Å². The van der Waals surface area contributed by atoms with Gasteiger partial charge in [-0.3, -0.25) is 9.89 Å². The van der Waals surface area contributed by atoms with Crippen LogP contribution < -0.4 is 5.56 Å². The maximum atomic E-state index is 12.2. The summed E-state index contributed by atoms with van der Waals surface area (Å²) in [6.45, 7) is 0. The van der Waals surface area contributed by atoms with Crippen LogP contribution in [0.1, 0.15) is 0 Å². The van der Waals surface area contributed by atoms with Gasteiger partial charge in [0.2, 0.25) is 5.13 Å². The summed E-state index contributed by atoms with van der Waals surface area (Å²) < 4.78 is 2.41. The van der Waals surface area contributed by atoms with Crippen LogP contribution in [0.2, 0.25) is 5.02 Å². The number of benzene rings is 2. The first kappa shape index (κ1) is 13.3. The van der Waals surface area contributed by atoms with Crippen molar-refractivity contribution in [2.75, 3.05) is 0 Å². The second kappa shape index (κ2) is 5.12. The molecule has 0 aliphatic heterocycles. The van der Waals surface area contributed by atoms with Crippen LogP contribution in [0, 0.1) is 0 Å². The third-order valence-corrected chi connectivity index (χ3v) is 4.57. The summed E-state index contributed by atoms with van der Waals surface area (Å²) in [4.78, 5) is 16.7. The number of halogens is 1. The highest BCUT2D eigenvalue weighted by molar-refractivity contribution is 7.20. The van der Waals surface area contributed by atoms with Gasteiger partial charge in [-0.25, -0.2) is 4.98 Å². The van der Waals surface area contributed by atoms with E-state index in [1.54, 1.807) is 12.1 Å². The summed E-state index contributed by atoms with van der Waals surface area (Å²) in [6.07, 6.45) is 0. The maximum Gasteiger partial charge on any atom is 0.273 e. The Balaban J connectivity index is 1.85. The van der Waals surface area contributed by atoms with Crippen LogP contribution in [0.5, 0.6) is 0 Å². The minimum absolute atomic E-state index is 0.135. The molecule has 22 heavy (non-hydrogen) atoms. The molecule has 4 aromatic rings. The van der Waals surface area contributed by atoms with Crippen LogP contribution in [0.25, 0.3) is 26.6 Å². The van der Waals surface area contributed by atoms with Crippen LogP contribution in [-0.2, 0) is 0 Å². The fraction of sp³-hybridized carbons (Fsp3) is 0. The molecular formula is C16H10ClN3OS. The molecule has 0 aliphatic rings. The molecule has 2 aromatic carbocycles. The highest BCUT2D eigenvalue weighted by Crippen LogP contribution is 2.27. The standard InChI is InChI=1S/C16H10ClN3OS/c17-11-6-7-12-14(8-11)22-16(18-12)20-15(21)9-13(19-20)10-4-2-1-3-5-10/h1-9,19H. The third-order valence-electron chi connectivity index (χ3n) is 3.34. The largest absolute Gasteiger partial charge is 0.288 e. The summed E-state index contributed by atoms with van der Waals surface area (Å²) in [5, 5.41) is 4.37. The fourth-order valence-corrected chi connectivity index (χ4v) is 3.49. The average molecular weight is 328 g/mol. The van der Waals surface area contributed by atoms with Gasteiger partial charge < -0.3 is 0 Å². The van der Waals surface area contributed by atoms with Crippen molar-refractivity contribution in [1.82, 2.24) is 14.8 Å². The highest BCUT2D eigenvalue weighted by Gasteiger charge is 2.11. The molecule has 4 rings (SSSR count). The number of thiazole rings is 1. The number of aromatic nitrogens is 3. The molecule has 108 valence electrons. The molecule has 0 saturated heterocycles. The molecule has 0 atom stereocenters. The molecular weight excluding hydrogens is 318 g/mol. The van der Waals surface area contributed by atoms with E-state index in [4.69, 9.17) is 11.6 Å². The van der Waals surface area contributed by atoms with E-state index in [1.807, 2.05) is 42.5 Å². The first-order chi connectivity index (χ1) is 10.7. The predicted molar refractivity (Wildman–Crippen MR) is 90.0 cm³/mol. The van der Waals surface area contributed by atoms with Crippen molar-refractivity contribution in [2.24, 2.45) is 0 Å². The number of hydrogen-bond acceptors (Lipinski definition) is 3. The topological polar surface area (TPSA) is 50.7 Å². The molecule has 0 spiro atoms. The van der Waals surface area contributed by atoms with Gasteiger partial charge in [0.25, 0.3) is 5.56 Å². The smallest absolute Gasteiger partial charge is 0.273 e. The lowest BCUT2D eigenvalue weighted by atomic mass is 10.2. The van der Waals surface area contributed by atoms with Crippen molar-refractivity contribution in [3.63, 3.8) is 0 Å². The molecule has 0 saturated carbocycles. The Kier molecular flexibility index (Phi) is 3.10. The van der Waals surface area contributed by atoms with Gasteiger partial charge in [-0.1, -0.05) is 53.3 Å². The van der Waals surface area contributed by atoms with Crippen molar-refractivity contribution < 1.29 is 0 Å². The zero-order chi connectivity index (χ0) is 15.1. The van der Waals surface area contributed by atoms with E-state index < -0.39 is 0 Å². The SMILES string of the molecule is O=c1cc(-c2ccccc2)[nH]n1-c1nc2ccc(Cl)cc2s1. The second-order valence-corrected chi connectivity index (χ2v) is 6.26. The van der Waals surface area contributed by atoms with Crippen LogP contribution >= 0.6 is 22.9 Å². The van der Waals surface area contributed by atoms with Gasteiger partial charge in [0, 0.05) is 11.1 Å². The zero-order valence-corrected chi connectivity index (χ0v) is 12.9. The van der Waals surface area contributed by atoms with Crippen molar-refractivity contribution in [2.45, 2.75) is 0 Å². The molecule has 1 N–H and O–H groups in total. The van der Waals surface area contributed by atoms with E-state index in [1.165, 1.54) is 16.0 Å². The molecule has 0 aliphatic carbocycles. The van der Waals surface area contributed by atoms with Crippen LogP contribution in [0.4, 0.5) is 0 Å². The fourth-order valence-electron chi connectivity index (χ4n) is 2.29. The van der Waals surface area contributed by atoms with Gasteiger partial charge in [0.1, 0.15) is 0 Å². The predicted octanol–water partition coefficient (Wildman–Crippen LogP) is 4.10. The Morgan fingerprint density at radius 3 is 2.73 bits per heavy atom. The molecule has 4 nitrogen and oxygen atoms in total. The molecule has 0 bridgehead atoms. The summed E-state index contributed by atoms with van der Waals surface area (Å²) in [7, 11) is 0. The summed E-state index contributed by atoms with van der Waals surface area (Å²) in [5.41, 5.74) is 2.42. The van der Waals surface area contributed by atoms with E-state index in [0.717, 1.165) is 21.5 Å². The first-order valence-electron chi connectivity index (χ1n) is 6.65. The number of H-pyrrole nitrogens is 1. The van der Waals surface area contributed by atoms with Gasteiger partial charge in [-0.2, -0.15) is 4.68 Å². The molecule has 0 unspecified atom stereocenters. The third kappa shape index (κ3) is 2.24. The van der Waals surface area contributed by atoms with E-state index in [2.05, 4.69) is 10.1 Å². The molecule has 2 heterocycles. The number of nitrogens with one attached hydrogen (secondary N) is 1. The molecule has 0 radical (unpaired) electrons. The summed E-state index contributed by atoms with van der Waals surface area (Å²) >= 11 is 7.42. The van der Waals surface area contributed by atoms with Gasteiger partial charge in [0.15, 0.2) is 0 Å². The van der Waals surface area contributed by atoms with E-state index in [-0.39, 0.29) is 5.56 Å². The van der Waals surface area contributed by atoms with E-state index >= 15 is 0 Å². The Bertz CT molecular complexity index is 1020. The number of nitrogens with zero attached hydrogens (tertiary/aromatic N) is 2. The number of hydrogen-bond donors (Lipinski definition) is 1. The maximum absolute atomic E-state index is 12.2. The first-order valence-corrected chi connectivity index (χ1v) is 7.84. The number of rotatable bonds is 2. The van der Waals surface area contributed by atoms with Crippen molar-refractivity contribution in [3.05, 3.63) is 70.0 Å². The normalized spacial score (nSPS) is 11.1.